The standard InChI is InChI=1S/C16H16N4O2S/c21-14-7-6-12(19-20-14)16(22)17-9-8-15-18-13(10-23-15)11-4-2-1-3-5-11/h1-5,10H,6-9H2,(H,17,22)(H,20,21). The molecule has 0 spiro atoms. The lowest BCUT2D eigenvalue weighted by Crippen LogP contribution is -2.37. The molecule has 23 heavy (non-hydrogen) atoms. The molecule has 2 aromatic rings. The number of aromatic nitrogens is 1. The second kappa shape index (κ2) is 7.15. The number of benzene rings is 1. The summed E-state index contributed by atoms with van der Waals surface area (Å²) in [5, 5.41) is 9.58. The Morgan fingerprint density at radius 2 is 2.09 bits per heavy atom. The zero-order valence-corrected chi connectivity index (χ0v) is 13.2. The van der Waals surface area contributed by atoms with Crippen LogP contribution in [0.4, 0.5) is 0 Å². The molecule has 0 atom stereocenters. The first kappa shape index (κ1) is 15.4. The molecule has 1 aromatic carbocycles. The van der Waals surface area contributed by atoms with Crippen molar-refractivity contribution in [1.82, 2.24) is 15.7 Å². The second-order valence-corrected chi connectivity index (χ2v) is 6.03. The first-order valence-corrected chi connectivity index (χ1v) is 8.24. The highest BCUT2D eigenvalue weighted by atomic mass is 32.1. The molecule has 6 nitrogen and oxygen atoms in total. The lowest BCUT2D eigenvalue weighted by molar-refractivity contribution is -0.121. The van der Waals surface area contributed by atoms with Crippen LogP contribution in [-0.4, -0.2) is 29.1 Å². The highest BCUT2D eigenvalue weighted by Crippen LogP contribution is 2.21. The van der Waals surface area contributed by atoms with E-state index in [9.17, 15) is 9.59 Å². The molecule has 1 aliphatic rings. The molecule has 2 amide bonds. The lowest BCUT2D eigenvalue weighted by atomic mass is 10.1. The smallest absolute Gasteiger partial charge is 0.267 e. The van der Waals surface area contributed by atoms with E-state index in [1.165, 1.54) is 0 Å². The maximum atomic E-state index is 11.9. The van der Waals surface area contributed by atoms with Crippen LogP contribution in [0.1, 0.15) is 17.8 Å². The van der Waals surface area contributed by atoms with Gasteiger partial charge in [-0.3, -0.25) is 9.59 Å². The van der Waals surface area contributed by atoms with E-state index in [4.69, 9.17) is 0 Å². The molecule has 0 aliphatic carbocycles. The highest BCUT2D eigenvalue weighted by molar-refractivity contribution is 7.09. The largest absolute Gasteiger partial charge is 0.351 e. The molecule has 3 rings (SSSR count). The summed E-state index contributed by atoms with van der Waals surface area (Å²) in [5.41, 5.74) is 4.73. The number of thiazole rings is 1. The fourth-order valence-corrected chi connectivity index (χ4v) is 3.00. The van der Waals surface area contributed by atoms with Gasteiger partial charge in [-0.25, -0.2) is 10.4 Å². The number of nitrogens with one attached hydrogen (secondary N) is 2. The number of hydrogen-bond acceptors (Lipinski definition) is 5. The first-order valence-electron chi connectivity index (χ1n) is 7.36. The first-order chi connectivity index (χ1) is 11.2. The molecule has 2 N–H and O–H groups in total. The van der Waals surface area contributed by atoms with Crippen LogP contribution < -0.4 is 10.7 Å². The maximum Gasteiger partial charge on any atom is 0.267 e. The van der Waals surface area contributed by atoms with Crippen molar-refractivity contribution in [3.63, 3.8) is 0 Å². The van der Waals surface area contributed by atoms with E-state index in [0.29, 0.717) is 31.5 Å². The minimum atomic E-state index is -0.232. The van der Waals surface area contributed by atoms with Crippen molar-refractivity contribution < 1.29 is 9.59 Å². The van der Waals surface area contributed by atoms with Gasteiger partial charge in [0.05, 0.1) is 10.7 Å². The average molecular weight is 328 g/mol. The van der Waals surface area contributed by atoms with Crippen LogP contribution in [0.5, 0.6) is 0 Å². The highest BCUT2D eigenvalue weighted by Gasteiger charge is 2.17. The van der Waals surface area contributed by atoms with Gasteiger partial charge in [-0.15, -0.1) is 11.3 Å². The second-order valence-electron chi connectivity index (χ2n) is 5.09. The summed E-state index contributed by atoms with van der Waals surface area (Å²) in [6.07, 6.45) is 1.36. The van der Waals surface area contributed by atoms with Crippen molar-refractivity contribution in [2.75, 3.05) is 6.54 Å². The van der Waals surface area contributed by atoms with Crippen molar-refractivity contribution in [3.05, 3.63) is 40.7 Å². The van der Waals surface area contributed by atoms with Crippen LogP contribution in [0.2, 0.25) is 0 Å². The SMILES string of the molecule is O=C1CCC(C(=O)NCCc2nc(-c3ccccc3)cs2)=NN1. The third-order valence-corrected chi connectivity index (χ3v) is 4.32. The van der Waals surface area contributed by atoms with Crippen LogP contribution in [0.25, 0.3) is 11.3 Å². The topological polar surface area (TPSA) is 83.5 Å². The lowest BCUT2D eigenvalue weighted by Gasteiger charge is -2.11. The van der Waals surface area contributed by atoms with Crippen LogP contribution in [-0.2, 0) is 16.0 Å². The number of nitrogens with zero attached hydrogens (tertiary/aromatic N) is 2. The van der Waals surface area contributed by atoms with Gasteiger partial charge in [0.15, 0.2) is 0 Å². The molecule has 0 unspecified atom stereocenters. The van der Waals surface area contributed by atoms with Gasteiger partial charge in [0.1, 0.15) is 5.71 Å². The Bertz CT molecular complexity index is 740. The van der Waals surface area contributed by atoms with Gasteiger partial charge < -0.3 is 5.32 Å². The van der Waals surface area contributed by atoms with E-state index in [-0.39, 0.29) is 11.8 Å². The molecule has 0 bridgehead atoms. The molecule has 7 heteroatoms. The van der Waals surface area contributed by atoms with Gasteiger partial charge in [-0.1, -0.05) is 30.3 Å². The predicted molar refractivity (Wildman–Crippen MR) is 89.1 cm³/mol. The summed E-state index contributed by atoms with van der Waals surface area (Å²) in [6.45, 7) is 0.494. The Labute approximate surface area is 137 Å². The molecule has 1 aliphatic heterocycles. The van der Waals surface area contributed by atoms with Gasteiger partial charge in [0.2, 0.25) is 5.91 Å². The Balaban J connectivity index is 1.51. The Hall–Kier alpha value is -2.54. The summed E-state index contributed by atoms with van der Waals surface area (Å²) in [5.74, 6) is -0.386. The molecular formula is C16H16N4O2S. The van der Waals surface area contributed by atoms with Gasteiger partial charge in [0, 0.05) is 36.8 Å². The monoisotopic (exact) mass is 328 g/mol. The summed E-state index contributed by atoms with van der Waals surface area (Å²) < 4.78 is 0. The fraction of sp³-hybridized carbons (Fsp3) is 0.250. The molecule has 118 valence electrons. The van der Waals surface area contributed by atoms with E-state index in [2.05, 4.69) is 20.8 Å². The van der Waals surface area contributed by atoms with Crippen molar-refractivity contribution in [2.24, 2.45) is 5.10 Å². The van der Waals surface area contributed by atoms with E-state index in [1.807, 2.05) is 35.7 Å². The van der Waals surface area contributed by atoms with Crippen molar-refractivity contribution in [1.29, 1.82) is 0 Å². The third-order valence-electron chi connectivity index (χ3n) is 3.41. The van der Waals surface area contributed by atoms with Gasteiger partial charge in [-0.2, -0.15) is 5.10 Å². The van der Waals surface area contributed by atoms with Gasteiger partial charge >= 0.3 is 0 Å². The molecule has 1 aromatic heterocycles. The van der Waals surface area contributed by atoms with Crippen LogP contribution >= 0.6 is 11.3 Å². The molecule has 0 radical (unpaired) electrons. The summed E-state index contributed by atoms with van der Waals surface area (Å²) in [4.78, 5) is 27.5. The summed E-state index contributed by atoms with van der Waals surface area (Å²) >= 11 is 1.58. The van der Waals surface area contributed by atoms with Crippen LogP contribution in [0.15, 0.2) is 40.8 Å². The zero-order valence-electron chi connectivity index (χ0n) is 12.4. The number of hydrogen-bond donors (Lipinski definition) is 2. The van der Waals surface area contributed by atoms with E-state index in [1.54, 1.807) is 11.3 Å². The Morgan fingerprint density at radius 1 is 1.26 bits per heavy atom. The number of rotatable bonds is 5. The van der Waals surface area contributed by atoms with E-state index < -0.39 is 0 Å². The number of carbonyl (C=O) groups excluding carboxylic acids is 2. The quantitative estimate of drug-likeness (QED) is 0.877. The zero-order chi connectivity index (χ0) is 16.1. The molecular weight excluding hydrogens is 312 g/mol. The Kier molecular flexibility index (Phi) is 4.77. The number of hydrazone groups is 1. The van der Waals surface area contributed by atoms with Crippen molar-refractivity contribution >= 4 is 28.9 Å². The summed E-state index contributed by atoms with van der Waals surface area (Å²) in [6, 6.07) is 9.99. The normalized spacial score (nSPS) is 14.1. The number of amides is 2. The predicted octanol–water partition coefficient (Wildman–Crippen LogP) is 1.73. The summed E-state index contributed by atoms with van der Waals surface area (Å²) in [7, 11) is 0. The average Bonchev–Trinajstić information content (AvgIpc) is 3.05. The Morgan fingerprint density at radius 3 is 2.83 bits per heavy atom. The molecule has 0 fully saturated rings. The fourth-order valence-electron chi connectivity index (χ4n) is 2.19. The van der Waals surface area contributed by atoms with Crippen molar-refractivity contribution in [3.8, 4) is 11.3 Å². The minimum absolute atomic E-state index is 0.155. The van der Waals surface area contributed by atoms with Crippen LogP contribution in [0.3, 0.4) is 0 Å². The van der Waals surface area contributed by atoms with Crippen LogP contribution in [0, 0.1) is 0 Å². The minimum Gasteiger partial charge on any atom is -0.351 e. The third kappa shape index (κ3) is 4.01. The van der Waals surface area contributed by atoms with Crippen molar-refractivity contribution in [2.45, 2.75) is 19.3 Å². The van der Waals surface area contributed by atoms with E-state index in [0.717, 1.165) is 16.3 Å². The molecule has 0 saturated carbocycles. The van der Waals surface area contributed by atoms with Gasteiger partial charge in [-0.05, 0) is 0 Å². The maximum absolute atomic E-state index is 11.9. The van der Waals surface area contributed by atoms with Gasteiger partial charge in [0.25, 0.3) is 5.91 Å². The molecule has 2 heterocycles. The van der Waals surface area contributed by atoms with E-state index >= 15 is 0 Å². The number of carbonyl (C=O) groups is 2. The molecule has 0 saturated heterocycles.